The van der Waals surface area contributed by atoms with Gasteiger partial charge >= 0.3 is 6.03 Å². The van der Waals surface area contributed by atoms with Gasteiger partial charge in [-0.15, -0.1) is 11.3 Å². The van der Waals surface area contributed by atoms with Gasteiger partial charge in [0, 0.05) is 21.8 Å². The number of imide groups is 1. The first-order chi connectivity index (χ1) is 13.2. The summed E-state index contributed by atoms with van der Waals surface area (Å²) in [6.07, 6.45) is 0. The van der Waals surface area contributed by atoms with Crippen LogP contribution in [0.1, 0.15) is 34.0 Å². The lowest BCUT2D eigenvalue weighted by Gasteiger charge is -2.23. The van der Waals surface area contributed by atoms with E-state index < -0.39 is 17.5 Å². The van der Waals surface area contributed by atoms with E-state index in [2.05, 4.69) is 26.6 Å². The monoisotopic (exact) mass is 463 g/mol. The van der Waals surface area contributed by atoms with Crippen molar-refractivity contribution in [1.29, 1.82) is 0 Å². The maximum Gasteiger partial charge on any atom is 0.325 e. The van der Waals surface area contributed by atoms with Crippen molar-refractivity contribution in [3.8, 4) is 0 Å². The third-order valence-corrected chi connectivity index (χ3v) is 6.26. The van der Waals surface area contributed by atoms with Gasteiger partial charge in [0.1, 0.15) is 5.54 Å². The number of hydrogen-bond acceptors (Lipinski definition) is 5. The smallest absolute Gasteiger partial charge is 0.325 e. The molecule has 0 aliphatic carbocycles. The molecule has 0 spiro atoms. The van der Waals surface area contributed by atoms with Gasteiger partial charge in [0.05, 0.1) is 18.0 Å². The molecule has 1 saturated heterocycles. The molecule has 4 amide bonds. The van der Waals surface area contributed by atoms with E-state index in [0.29, 0.717) is 21.5 Å². The number of ketones is 1. The minimum Gasteiger partial charge on any atom is -0.351 e. The lowest BCUT2D eigenvalue weighted by molar-refractivity contribution is -0.130. The first kappa shape index (κ1) is 20.2. The third kappa shape index (κ3) is 3.85. The molecule has 0 unspecified atom stereocenters. The molecular formula is C19H18BrN3O4S. The standard InChI is InChI=1S/C19H18BrN3O4S/c1-11(24)21-9-12-7-8-16(28-12)15(25)10-23-17(26)19(2,22-18(23)27)13-5-3-4-6-14(13)20/h3-8H,9-10H2,1-2H3,(H,21,24)(H,22,27)/t19-/m0/s1. The van der Waals surface area contributed by atoms with E-state index in [9.17, 15) is 19.2 Å². The summed E-state index contributed by atoms with van der Waals surface area (Å²) in [5.41, 5.74) is -0.624. The number of rotatable bonds is 6. The first-order valence-electron chi connectivity index (χ1n) is 8.48. The zero-order chi connectivity index (χ0) is 20.5. The fourth-order valence-corrected chi connectivity index (χ4v) is 4.50. The molecule has 3 rings (SSSR count). The Morgan fingerprint density at radius 3 is 2.61 bits per heavy atom. The minimum absolute atomic E-state index is 0.160. The van der Waals surface area contributed by atoms with Crippen LogP contribution in [0.2, 0.25) is 0 Å². The molecule has 1 atom stereocenters. The fraction of sp³-hybridized carbons (Fsp3) is 0.263. The first-order valence-corrected chi connectivity index (χ1v) is 10.1. The highest BCUT2D eigenvalue weighted by Gasteiger charge is 2.50. The van der Waals surface area contributed by atoms with Crippen LogP contribution < -0.4 is 10.6 Å². The van der Waals surface area contributed by atoms with E-state index in [0.717, 1.165) is 9.78 Å². The van der Waals surface area contributed by atoms with Gasteiger partial charge in [-0.25, -0.2) is 4.79 Å². The van der Waals surface area contributed by atoms with Gasteiger partial charge in [0.25, 0.3) is 5.91 Å². The van der Waals surface area contributed by atoms with Crippen LogP contribution in [-0.2, 0) is 21.7 Å². The zero-order valence-electron chi connectivity index (χ0n) is 15.2. The topological polar surface area (TPSA) is 95.6 Å². The number of hydrogen-bond donors (Lipinski definition) is 2. The van der Waals surface area contributed by atoms with Crippen molar-refractivity contribution < 1.29 is 19.2 Å². The molecule has 1 aliphatic rings. The van der Waals surface area contributed by atoms with Crippen molar-refractivity contribution in [1.82, 2.24) is 15.5 Å². The van der Waals surface area contributed by atoms with Gasteiger partial charge in [-0.05, 0) is 25.1 Å². The summed E-state index contributed by atoms with van der Waals surface area (Å²) in [4.78, 5) is 51.2. The average Bonchev–Trinajstić information content (AvgIpc) is 3.20. The quantitative estimate of drug-likeness (QED) is 0.508. The van der Waals surface area contributed by atoms with E-state index in [-0.39, 0.29) is 18.2 Å². The number of benzene rings is 1. The van der Waals surface area contributed by atoms with Crippen molar-refractivity contribution in [2.75, 3.05) is 6.54 Å². The van der Waals surface area contributed by atoms with E-state index in [1.54, 1.807) is 37.3 Å². The van der Waals surface area contributed by atoms with Crippen LogP contribution in [0, 0.1) is 0 Å². The van der Waals surface area contributed by atoms with Gasteiger partial charge in [-0.1, -0.05) is 34.1 Å². The second-order valence-corrected chi connectivity index (χ2v) is 8.55. The van der Waals surface area contributed by atoms with E-state index in [4.69, 9.17) is 0 Å². The lowest BCUT2D eigenvalue weighted by atomic mass is 9.92. The summed E-state index contributed by atoms with van der Waals surface area (Å²) >= 11 is 4.63. The predicted octanol–water partition coefficient (Wildman–Crippen LogP) is 2.80. The Labute approximate surface area is 174 Å². The van der Waals surface area contributed by atoms with E-state index in [1.165, 1.54) is 18.3 Å². The molecule has 1 aliphatic heterocycles. The second kappa shape index (κ2) is 7.84. The second-order valence-electron chi connectivity index (χ2n) is 6.53. The molecule has 0 saturated carbocycles. The van der Waals surface area contributed by atoms with Crippen molar-refractivity contribution >= 4 is 50.9 Å². The Bertz CT molecular complexity index is 974. The van der Waals surface area contributed by atoms with Crippen LogP contribution in [0.3, 0.4) is 0 Å². The summed E-state index contributed by atoms with van der Waals surface area (Å²) in [6, 6.07) is 9.90. The van der Waals surface area contributed by atoms with Crippen molar-refractivity contribution in [3.63, 3.8) is 0 Å². The Morgan fingerprint density at radius 2 is 1.93 bits per heavy atom. The lowest BCUT2D eigenvalue weighted by Crippen LogP contribution is -2.41. The molecule has 146 valence electrons. The maximum atomic E-state index is 13.0. The zero-order valence-corrected chi connectivity index (χ0v) is 17.6. The summed E-state index contributed by atoms with van der Waals surface area (Å²) in [5, 5.41) is 5.36. The SMILES string of the molecule is CC(=O)NCc1ccc(C(=O)CN2C(=O)N[C@@](C)(c3ccccc3Br)C2=O)s1. The summed E-state index contributed by atoms with van der Waals surface area (Å²) < 4.78 is 0.695. The molecule has 1 aromatic heterocycles. The van der Waals surface area contributed by atoms with Crippen LogP contribution in [0.5, 0.6) is 0 Å². The van der Waals surface area contributed by atoms with Gasteiger partial charge < -0.3 is 10.6 Å². The van der Waals surface area contributed by atoms with Crippen molar-refractivity contribution in [2.24, 2.45) is 0 Å². The Kier molecular flexibility index (Phi) is 5.66. The van der Waals surface area contributed by atoms with Crippen LogP contribution in [0.4, 0.5) is 4.79 Å². The molecule has 7 nitrogen and oxygen atoms in total. The van der Waals surface area contributed by atoms with Crippen molar-refractivity contribution in [3.05, 3.63) is 56.2 Å². The van der Waals surface area contributed by atoms with Crippen LogP contribution in [0.15, 0.2) is 40.9 Å². The number of carbonyl (C=O) groups excluding carboxylic acids is 4. The average molecular weight is 464 g/mol. The predicted molar refractivity (Wildman–Crippen MR) is 108 cm³/mol. The number of urea groups is 1. The van der Waals surface area contributed by atoms with Gasteiger partial charge in [-0.3, -0.25) is 19.3 Å². The van der Waals surface area contributed by atoms with Crippen LogP contribution in [-0.4, -0.2) is 35.1 Å². The van der Waals surface area contributed by atoms with Crippen LogP contribution >= 0.6 is 27.3 Å². The highest BCUT2D eigenvalue weighted by atomic mass is 79.9. The number of nitrogens with zero attached hydrogens (tertiary/aromatic N) is 1. The molecule has 1 fully saturated rings. The summed E-state index contributed by atoms with van der Waals surface area (Å²) in [7, 11) is 0. The third-order valence-electron chi connectivity index (χ3n) is 4.44. The molecule has 28 heavy (non-hydrogen) atoms. The van der Waals surface area contributed by atoms with E-state index >= 15 is 0 Å². The highest BCUT2D eigenvalue weighted by Crippen LogP contribution is 2.33. The molecule has 1 aromatic carbocycles. The molecule has 0 bridgehead atoms. The molecule has 2 aromatic rings. The van der Waals surface area contributed by atoms with Gasteiger partial charge in [0.15, 0.2) is 5.78 Å². The van der Waals surface area contributed by atoms with Gasteiger partial charge in [-0.2, -0.15) is 0 Å². The number of carbonyl (C=O) groups is 4. The van der Waals surface area contributed by atoms with Crippen molar-refractivity contribution in [2.45, 2.75) is 25.9 Å². The van der Waals surface area contributed by atoms with Gasteiger partial charge in [0.2, 0.25) is 5.91 Å². The Balaban J connectivity index is 1.75. The molecule has 2 N–H and O–H groups in total. The number of halogens is 1. The summed E-state index contributed by atoms with van der Waals surface area (Å²) in [6.45, 7) is 3.02. The normalized spacial score (nSPS) is 18.9. The Hall–Kier alpha value is -2.52. The molecule has 0 radical (unpaired) electrons. The summed E-state index contributed by atoms with van der Waals surface area (Å²) in [5.74, 6) is -0.973. The highest BCUT2D eigenvalue weighted by molar-refractivity contribution is 9.10. The number of Topliss-reactive ketones (excluding diaryl/α,β-unsaturated/α-hetero) is 1. The largest absolute Gasteiger partial charge is 0.351 e. The number of nitrogens with one attached hydrogen (secondary N) is 2. The van der Waals surface area contributed by atoms with Crippen LogP contribution in [0.25, 0.3) is 0 Å². The Morgan fingerprint density at radius 1 is 1.21 bits per heavy atom. The van der Waals surface area contributed by atoms with E-state index in [1.807, 2.05) is 6.07 Å². The molecular weight excluding hydrogens is 446 g/mol. The number of amides is 4. The maximum absolute atomic E-state index is 13.0. The molecule has 2 heterocycles. The minimum atomic E-state index is -1.25. The number of thiophene rings is 1. The fourth-order valence-electron chi connectivity index (χ4n) is 2.95. The molecule has 9 heteroatoms.